The lowest BCUT2D eigenvalue weighted by molar-refractivity contribution is -0.138. The minimum absolute atomic E-state index is 0.00683. The number of ether oxygens (including phenoxy) is 3. The second-order valence-corrected chi connectivity index (χ2v) is 15.0. The summed E-state index contributed by atoms with van der Waals surface area (Å²) in [4.78, 5) is 11.8. The zero-order valence-corrected chi connectivity index (χ0v) is 34.4. The van der Waals surface area contributed by atoms with E-state index in [4.69, 9.17) is 14.2 Å². The molecule has 4 heterocycles. The summed E-state index contributed by atoms with van der Waals surface area (Å²) in [5.74, 6) is 2.95. The molecule has 0 aliphatic carbocycles. The van der Waals surface area contributed by atoms with Gasteiger partial charge in [-0.2, -0.15) is 26.3 Å². The monoisotopic (exact) mass is 836 g/mol. The van der Waals surface area contributed by atoms with Crippen LogP contribution >= 0.6 is 0 Å². The number of benzene rings is 2. The summed E-state index contributed by atoms with van der Waals surface area (Å²) in [6.07, 6.45) is -4.12. The first kappa shape index (κ1) is 46.9. The summed E-state index contributed by atoms with van der Waals surface area (Å²) in [5.41, 5.74) is 0.657. The maximum Gasteiger partial charge on any atom is 0.417 e. The van der Waals surface area contributed by atoms with Crippen molar-refractivity contribution in [3.8, 4) is 17.2 Å². The zero-order valence-electron chi connectivity index (χ0n) is 34.4. The number of nitrogens with zero attached hydrogens (tertiary/aromatic N) is 4. The van der Waals surface area contributed by atoms with Crippen LogP contribution in [-0.4, -0.2) is 66.7 Å². The van der Waals surface area contributed by atoms with Crippen LogP contribution in [0.15, 0.2) is 73.1 Å². The van der Waals surface area contributed by atoms with Crippen molar-refractivity contribution in [1.29, 1.82) is 0 Å². The minimum atomic E-state index is -4.37. The average Bonchev–Trinajstić information content (AvgIpc) is 3.20. The van der Waals surface area contributed by atoms with Gasteiger partial charge in [0.15, 0.2) is 23.1 Å². The summed E-state index contributed by atoms with van der Waals surface area (Å²) in [6.45, 7) is 15.8. The van der Waals surface area contributed by atoms with E-state index in [1.54, 1.807) is 12.1 Å². The molecule has 0 radical (unpaired) electrons. The fourth-order valence-corrected chi connectivity index (χ4v) is 6.46. The maximum absolute atomic E-state index is 13.0. The fraction of sp³-hybridized carbons (Fsp3) is 0.500. The Morgan fingerprint density at radius 3 is 1.63 bits per heavy atom. The Balaban J connectivity index is 0.000000217. The summed E-state index contributed by atoms with van der Waals surface area (Å²) in [6, 6.07) is 15.7. The summed E-state index contributed by atoms with van der Waals surface area (Å²) in [7, 11) is 0. The highest BCUT2D eigenvalue weighted by Gasteiger charge is 2.33. The van der Waals surface area contributed by atoms with Gasteiger partial charge in [0, 0.05) is 50.9 Å². The topological polar surface area (TPSA) is 80.2 Å². The predicted octanol–water partition coefficient (Wildman–Crippen LogP) is 10.7. The molecule has 2 fully saturated rings. The molecule has 0 unspecified atom stereocenters. The van der Waals surface area contributed by atoms with E-state index < -0.39 is 23.5 Å². The Bertz CT molecular complexity index is 1880. The van der Waals surface area contributed by atoms with Crippen molar-refractivity contribution in [1.82, 2.24) is 9.97 Å². The van der Waals surface area contributed by atoms with Gasteiger partial charge in [0.2, 0.25) is 0 Å². The van der Waals surface area contributed by atoms with Crippen molar-refractivity contribution in [3.63, 3.8) is 0 Å². The zero-order chi connectivity index (χ0) is 43.3. The number of aliphatic hydroxyl groups excluding tert-OH is 1. The minimum Gasteiger partial charge on any atom is -0.491 e. The number of pyridine rings is 2. The van der Waals surface area contributed by atoms with Gasteiger partial charge in [-0.15, -0.1) is 0 Å². The molecule has 0 spiro atoms. The third-order valence-electron chi connectivity index (χ3n) is 9.87. The number of halogens is 7. The quantitative estimate of drug-likeness (QED) is 0.158. The SMILES string of the molecule is CCCOc1cc(C)ccc1F.CCCOc1cc(C)ccc1O[C@@H]1CCN(c2ccc(C(F)(F)F)cn2)C[C@@H]1C.C[C@H]1CN(c2ccc(C(F)(F)F)cn2)CC[C@@H]1O. The van der Waals surface area contributed by atoms with E-state index in [0.29, 0.717) is 63.2 Å². The molecule has 15 heteroatoms. The van der Waals surface area contributed by atoms with Gasteiger partial charge in [-0.25, -0.2) is 14.4 Å². The lowest BCUT2D eigenvalue weighted by Crippen LogP contribution is -2.44. The van der Waals surface area contributed by atoms with E-state index in [0.717, 1.165) is 66.4 Å². The van der Waals surface area contributed by atoms with Gasteiger partial charge in [0.05, 0.1) is 30.4 Å². The third-order valence-corrected chi connectivity index (χ3v) is 9.87. The Hall–Kier alpha value is -4.79. The fourth-order valence-electron chi connectivity index (χ4n) is 6.46. The van der Waals surface area contributed by atoms with Crippen LogP contribution < -0.4 is 24.0 Å². The van der Waals surface area contributed by atoms with Crippen molar-refractivity contribution in [2.24, 2.45) is 11.8 Å². The van der Waals surface area contributed by atoms with E-state index in [1.165, 1.54) is 18.2 Å². The van der Waals surface area contributed by atoms with E-state index in [2.05, 4.69) is 23.8 Å². The third kappa shape index (κ3) is 14.2. The van der Waals surface area contributed by atoms with Crippen LogP contribution in [0.5, 0.6) is 17.2 Å². The largest absolute Gasteiger partial charge is 0.491 e. The number of aliphatic hydroxyl groups is 1. The van der Waals surface area contributed by atoms with Crippen LogP contribution in [0.4, 0.5) is 42.4 Å². The van der Waals surface area contributed by atoms with Crippen LogP contribution in [0.25, 0.3) is 0 Å². The Morgan fingerprint density at radius 1 is 0.661 bits per heavy atom. The lowest BCUT2D eigenvalue weighted by atomic mass is 9.96. The number of anilines is 2. The molecular weight excluding hydrogens is 781 g/mol. The van der Waals surface area contributed by atoms with Crippen LogP contribution in [0, 0.1) is 31.5 Å². The van der Waals surface area contributed by atoms with E-state index >= 15 is 0 Å². The summed E-state index contributed by atoms with van der Waals surface area (Å²) >= 11 is 0. The van der Waals surface area contributed by atoms with Gasteiger partial charge < -0.3 is 29.1 Å². The van der Waals surface area contributed by atoms with Gasteiger partial charge in [-0.1, -0.05) is 39.8 Å². The lowest BCUT2D eigenvalue weighted by Gasteiger charge is -2.37. The number of hydrogen-bond acceptors (Lipinski definition) is 8. The van der Waals surface area contributed by atoms with Gasteiger partial charge in [-0.05, 0) is 98.7 Å². The van der Waals surface area contributed by atoms with Crippen LogP contribution in [0.2, 0.25) is 0 Å². The molecule has 1 N–H and O–H groups in total. The van der Waals surface area contributed by atoms with Crippen molar-refractivity contribution in [2.75, 3.05) is 49.2 Å². The molecule has 0 saturated carbocycles. The number of aromatic nitrogens is 2. The first-order valence-electron chi connectivity index (χ1n) is 19.9. The van der Waals surface area contributed by atoms with Crippen molar-refractivity contribution >= 4 is 11.6 Å². The normalized spacial score (nSPS) is 19.5. The number of piperidine rings is 2. The molecule has 0 bridgehead atoms. The summed E-state index contributed by atoms with van der Waals surface area (Å²) < 4.78 is 106. The number of alkyl halides is 6. The molecule has 2 aromatic carbocycles. The molecular formula is C44H55F7N4O4. The molecule has 2 saturated heterocycles. The average molecular weight is 837 g/mol. The van der Waals surface area contributed by atoms with Crippen LogP contribution in [0.1, 0.15) is 75.6 Å². The van der Waals surface area contributed by atoms with Crippen molar-refractivity contribution in [3.05, 3.63) is 101 Å². The Kier molecular flexibility index (Phi) is 17.1. The Morgan fingerprint density at radius 2 is 1.15 bits per heavy atom. The highest BCUT2D eigenvalue weighted by atomic mass is 19.4. The van der Waals surface area contributed by atoms with Gasteiger partial charge in [0.25, 0.3) is 0 Å². The van der Waals surface area contributed by atoms with Gasteiger partial charge >= 0.3 is 12.4 Å². The summed E-state index contributed by atoms with van der Waals surface area (Å²) in [5, 5.41) is 9.60. The molecule has 4 aromatic rings. The van der Waals surface area contributed by atoms with Crippen molar-refractivity contribution in [2.45, 2.75) is 91.8 Å². The highest BCUT2D eigenvalue weighted by molar-refractivity contribution is 5.44. The number of rotatable bonds is 10. The van der Waals surface area contributed by atoms with Gasteiger partial charge in [0.1, 0.15) is 17.7 Å². The smallest absolute Gasteiger partial charge is 0.417 e. The molecule has 8 nitrogen and oxygen atoms in total. The van der Waals surface area contributed by atoms with Crippen molar-refractivity contribution < 1.29 is 50.1 Å². The maximum atomic E-state index is 13.0. The van der Waals surface area contributed by atoms with E-state index in [-0.39, 0.29) is 29.9 Å². The number of hydrogen-bond donors (Lipinski definition) is 1. The molecule has 2 aliphatic rings. The predicted molar refractivity (Wildman–Crippen MR) is 215 cm³/mol. The van der Waals surface area contributed by atoms with Crippen LogP contribution in [0.3, 0.4) is 0 Å². The molecule has 4 atom stereocenters. The molecule has 2 aromatic heterocycles. The Labute approximate surface area is 342 Å². The molecule has 324 valence electrons. The van der Waals surface area contributed by atoms with Gasteiger partial charge in [-0.3, -0.25) is 0 Å². The van der Waals surface area contributed by atoms with E-state index in [1.807, 2.05) is 55.7 Å². The molecule has 0 amide bonds. The first-order valence-corrected chi connectivity index (χ1v) is 19.9. The molecule has 6 rings (SSSR count). The second kappa shape index (κ2) is 21.5. The standard InChI is InChI=1S/C22H27F3N2O2.C12H15F3N2O.C10H13FO/c1-4-11-28-20-12-15(2)5-7-19(20)29-18-9-10-27(14-16(18)3)21-8-6-17(13-26-21)22(23,24)25;1-8-7-17(5-4-10(8)18)11-3-2-9(6-16-11)12(13,14)15;1-3-6-12-10-7-8(2)4-5-9(10)11/h5-8,12-13,16,18H,4,9-11,14H2,1-3H3;2-3,6,8,10,18H,4-5,7H2,1H3;4-5,7H,3,6H2,1-2H3/t16-,18+;8-,10-;/m00./s1. The van der Waals surface area contributed by atoms with Crippen LogP contribution in [-0.2, 0) is 12.4 Å². The van der Waals surface area contributed by atoms with E-state index in [9.17, 15) is 35.8 Å². The second-order valence-electron chi connectivity index (χ2n) is 15.0. The molecule has 2 aliphatic heterocycles. The highest BCUT2D eigenvalue weighted by Crippen LogP contribution is 2.34. The molecule has 59 heavy (non-hydrogen) atoms. The first-order chi connectivity index (χ1) is 27.9. The number of aryl methyl sites for hydroxylation is 2.